The Labute approximate surface area is 171 Å². The topological polar surface area (TPSA) is 9.72 Å². The highest BCUT2D eigenvalue weighted by molar-refractivity contribution is 7.68. The second kappa shape index (κ2) is 16.2. The fourth-order valence-corrected chi connectivity index (χ4v) is 8.10. The van der Waals surface area contributed by atoms with E-state index in [4.69, 9.17) is 0 Å². The van der Waals surface area contributed by atoms with Gasteiger partial charge in [0.1, 0.15) is 0 Å². The molecule has 0 aromatic rings. The van der Waals surface area contributed by atoms with Gasteiger partial charge < -0.3 is 24.0 Å². The van der Waals surface area contributed by atoms with Crippen molar-refractivity contribution in [1.29, 1.82) is 0 Å². The Bertz CT molecular complexity index is 221. The average Bonchev–Trinajstić information content (AvgIpc) is 2.53. The van der Waals surface area contributed by atoms with Gasteiger partial charge in [-0.1, -0.05) is 41.5 Å². The Kier molecular flexibility index (Phi) is 18.4. The Morgan fingerprint density at radius 1 is 0.458 bits per heavy atom. The van der Waals surface area contributed by atoms with Gasteiger partial charge >= 0.3 is 0 Å². The maximum Gasteiger partial charge on any atom is 0.224 e. The third kappa shape index (κ3) is 8.16. The van der Waals surface area contributed by atoms with Gasteiger partial charge in [0.05, 0.1) is 6.66 Å². The number of hydrogen-bond acceptors (Lipinski definition) is 3. The molecule has 0 spiro atoms. The van der Waals surface area contributed by atoms with Crippen molar-refractivity contribution < 1.29 is 24.0 Å². The minimum Gasteiger partial charge on any atom is -1.00 e. The van der Waals surface area contributed by atoms with E-state index in [0.717, 1.165) is 0 Å². The van der Waals surface area contributed by atoms with Crippen LogP contribution in [0.3, 0.4) is 0 Å². The van der Waals surface area contributed by atoms with Crippen molar-refractivity contribution in [2.45, 2.75) is 80.1 Å². The van der Waals surface area contributed by atoms with E-state index >= 15 is 0 Å². The SMILES string of the molecule is CCCN(CCC)[P+](C)(N(CCC)CCC)N(CCC)CCC.[I-]. The molecule has 0 N–H and O–H groups in total. The maximum absolute atomic E-state index is 2.86. The third-order valence-electron chi connectivity index (χ3n) is 4.50. The zero-order chi connectivity index (χ0) is 17.7. The van der Waals surface area contributed by atoms with Crippen LogP contribution in [0.1, 0.15) is 80.1 Å². The first-order chi connectivity index (χ1) is 11.1. The lowest BCUT2D eigenvalue weighted by atomic mass is 10.4. The molecule has 0 aliphatic carbocycles. The second-order valence-electron chi connectivity index (χ2n) is 6.73. The van der Waals surface area contributed by atoms with E-state index < -0.39 is 7.71 Å². The lowest BCUT2D eigenvalue weighted by molar-refractivity contribution is -0.00000562. The van der Waals surface area contributed by atoms with Crippen LogP contribution >= 0.6 is 7.71 Å². The summed E-state index contributed by atoms with van der Waals surface area (Å²) in [6.45, 7) is 24.1. The van der Waals surface area contributed by atoms with Crippen LogP contribution in [-0.4, -0.2) is 59.9 Å². The van der Waals surface area contributed by atoms with Gasteiger partial charge in [0, 0.05) is 39.3 Å². The summed E-state index contributed by atoms with van der Waals surface area (Å²) in [4.78, 5) is 0. The van der Waals surface area contributed by atoms with Gasteiger partial charge in [0.25, 0.3) is 0 Å². The average molecular weight is 473 g/mol. The number of hydrogen-bond donors (Lipinski definition) is 0. The molecule has 0 aromatic carbocycles. The molecule has 0 bridgehead atoms. The number of halogens is 1. The highest BCUT2D eigenvalue weighted by Gasteiger charge is 2.50. The van der Waals surface area contributed by atoms with Gasteiger partial charge in [-0.05, 0) is 38.5 Å². The fourth-order valence-electron chi connectivity index (χ4n) is 3.56. The van der Waals surface area contributed by atoms with Crippen molar-refractivity contribution in [1.82, 2.24) is 14.0 Å². The summed E-state index contributed by atoms with van der Waals surface area (Å²) in [5.74, 6) is 0. The molecular formula is C19H45IN3P. The molecule has 0 amide bonds. The summed E-state index contributed by atoms with van der Waals surface area (Å²) >= 11 is 0. The molecule has 5 heteroatoms. The van der Waals surface area contributed by atoms with Crippen molar-refractivity contribution in [2.75, 3.05) is 45.9 Å². The van der Waals surface area contributed by atoms with Crippen molar-refractivity contribution in [2.24, 2.45) is 0 Å². The Balaban J connectivity index is 0. The Hall–Kier alpha value is 1.04. The molecule has 0 saturated heterocycles. The third-order valence-corrected chi connectivity index (χ3v) is 8.91. The molecule has 0 aliphatic heterocycles. The van der Waals surface area contributed by atoms with Crippen LogP contribution < -0.4 is 24.0 Å². The number of rotatable bonds is 15. The van der Waals surface area contributed by atoms with Gasteiger partial charge in [0.15, 0.2) is 0 Å². The minimum absolute atomic E-state index is 0. The van der Waals surface area contributed by atoms with Crippen molar-refractivity contribution in [3.8, 4) is 0 Å². The zero-order valence-corrected chi connectivity index (χ0v) is 20.7. The van der Waals surface area contributed by atoms with Crippen LogP contribution in [0.25, 0.3) is 0 Å². The Morgan fingerprint density at radius 3 is 0.750 bits per heavy atom. The normalized spacial score (nSPS) is 12.2. The smallest absolute Gasteiger partial charge is 0.224 e. The van der Waals surface area contributed by atoms with E-state index in [0.29, 0.717) is 0 Å². The first-order valence-corrected chi connectivity index (χ1v) is 12.3. The van der Waals surface area contributed by atoms with Crippen LogP contribution in [0, 0.1) is 0 Å². The van der Waals surface area contributed by atoms with Gasteiger partial charge in [0.2, 0.25) is 7.71 Å². The molecule has 0 saturated carbocycles. The summed E-state index contributed by atoms with van der Waals surface area (Å²) in [5, 5.41) is 0. The van der Waals surface area contributed by atoms with Crippen molar-refractivity contribution in [3.05, 3.63) is 0 Å². The minimum atomic E-state index is -1.40. The molecule has 0 radical (unpaired) electrons. The van der Waals surface area contributed by atoms with Crippen LogP contribution in [0.15, 0.2) is 0 Å². The number of nitrogens with zero attached hydrogens (tertiary/aromatic N) is 3. The van der Waals surface area contributed by atoms with Gasteiger partial charge in [-0.2, -0.15) is 0 Å². The van der Waals surface area contributed by atoms with E-state index in [1.807, 2.05) is 0 Å². The van der Waals surface area contributed by atoms with Crippen LogP contribution in [0.4, 0.5) is 0 Å². The largest absolute Gasteiger partial charge is 1.00 e. The highest BCUT2D eigenvalue weighted by Crippen LogP contribution is 2.64. The monoisotopic (exact) mass is 473 g/mol. The van der Waals surface area contributed by atoms with Gasteiger partial charge in [-0.15, -0.1) is 14.0 Å². The molecule has 0 aliphatic rings. The standard InChI is InChI=1S/C19H45N3P.HI/c1-8-14-20(15-9-2)23(7,21(16-10-3)17-11-4)22(18-12-5)19-13-6;/h8-19H2,1-7H3;1H/q+1;/p-1. The molecule has 0 heterocycles. The first-order valence-electron chi connectivity index (χ1n) is 10.2. The molecule has 0 atom stereocenters. The first kappa shape index (κ1) is 27.3. The van der Waals surface area contributed by atoms with Crippen LogP contribution in [0.2, 0.25) is 0 Å². The van der Waals surface area contributed by atoms with Gasteiger partial charge in [-0.25, -0.2) is 0 Å². The maximum atomic E-state index is 2.86. The van der Waals surface area contributed by atoms with Crippen LogP contribution in [0.5, 0.6) is 0 Å². The lowest BCUT2D eigenvalue weighted by Crippen LogP contribution is -3.00. The van der Waals surface area contributed by atoms with E-state index in [1.54, 1.807) is 0 Å². The van der Waals surface area contributed by atoms with E-state index in [1.165, 1.54) is 77.8 Å². The predicted molar refractivity (Wildman–Crippen MR) is 109 cm³/mol. The lowest BCUT2D eigenvalue weighted by Gasteiger charge is -2.46. The summed E-state index contributed by atoms with van der Waals surface area (Å²) in [5.41, 5.74) is 0. The zero-order valence-electron chi connectivity index (χ0n) is 17.7. The van der Waals surface area contributed by atoms with Crippen LogP contribution in [-0.2, 0) is 0 Å². The molecule has 0 unspecified atom stereocenters. The molecule has 0 aromatic heterocycles. The van der Waals surface area contributed by atoms with E-state index in [2.05, 4.69) is 62.2 Å². The summed E-state index contributed by atoms with van der Waals surface area (Å²) < 4.78 is 8.59. The molecule has 0 rings (SSSR count). The second-order valence-corrected chi connectivity index (χ2v) is 10.2. The highest BCUT2D eigenvalue weighted by atomic mass is 127. The quantitative estimate of drug-likeness (QED) is 0.268. The molecular weight excluding hydrogens is 428 g/mol. The van der Waals surface area contributed by atoms with E-state index in [-0.39, 0.29) is 24.0 Å². The summed E-state index contributed by atoms with van der Waals surface area (Å²) in [6, 6.07) is 0. The Morgan fingerprint density at radius 2 is 0.625 bits per heavy atom. The predicted octanol–water partition coefficient (Wildman–Crippen LogP) is 2.75. The summed E-state index contributed by atoms with van der Waals surface area (Å²) in [7, 11) is -1.40. The molecule has 24 heavy (non-hydrogen) atoms. The molecule has 3 nitrogen and oxygen atoms in total. The van der Waals surface area contributed by atoms with Gasteiger partial charge in [-0.3, -0.25) is 0 Å². The fraction of sp³-hybridized carbons (Fsp3) is 1.00. The van der Waals surface area contributed by atoms with E-state index in [9.17, 15) is 0 Å². The summed E-state index contributed by atoms with van der Waals surface area (Å²) in [6.07, 6.45) is 7.55. The van der Waals surface area contributed by atoms with Crippen molar-refractivity contribution in [3.63, 3.8) is 0 Å². The molecule has 0 fully saturated rings. The molecule has 148 valence electrons. The van der Waals surface area contributed by atoms with Crippen molar-refractivity contribution >= 4 is 7.71 Å².